The summed E-state index contributed by atoms with van der Waals surface area (Å²) in [4.78, 5) is 20.8. The van der Waals surface area contributed by atoms with E-state index in [9.17, 15) is 18.0 Å². The Kier molecular flexibility index (Phi) is 7.14. The van der Waals surface area contributed by atoms with Gasteiger partial charge in [-0.3, -0.25) is 4.79 Å². The lowest BCUT2D eigenvalue weighted by molar-refractivity contribution is -0.137. The lowest BCUT2D eigenvalue weighted by Gasteiger charge is -2.13. The highest BCUT2D eigenvalue weighted by atomic mass is 19.4. The number of anilines is 3. The average molecular weight is 445 g/mol. The predicted molar refractivity (Wildman–Crippen MR) is 115 cm³/mol. The first-order chi connectivity index (χ1) is 15.3. The van der Waals surface area contributed by atoms with Gasteiger partial charge in [0.2, 0.25) is 5.95 Å². The fourth-order valence-corrected chi connectivity index (χ4v) is 2.91. The van der Waals surface area contributed by atoms with Crippen LogP contribution >= 0.6 is 0 Å². The molecule has 0 aliphatic carbocycles. The average Bonchev–Trinajstić information content (AvgIpc) is 2.76. The van der Waals surface area contributed by atoms with Crippen molar-refractivity contribution < 1.29 is 22.7 Å². The van der Waals surface area contributed by atoms with Crippen molar-refractivity contribution in [3.8, 4) is 5.75 Å². The number of hydrogen-bond acceptors (Lipinski definition) is 6. The summed E-state index contributed by atoms with van der Waals surface area (Å²) >= 11 is 0. The van der Waals surface area contributed by atoms with Gasteiger partial charge in [-0.05, 0) is 43.3 Å². The molecule has 0 bridgehead atoms. The van der Waals surface area contributed by atoms with Gasteiger partial charge in [-0.25, -0.2) is 4.98 Å². The van der Waals surface area contributed by atoms with Gasteiger partial charge in [0, 0.05) is 30.5 Å². The molecule has 7 nitrogen and oxygen atoms in total. The highest BCUT2D eigenvalue weighted by Gasteiger charge is 2.34. The van der Waals surface area contributed by atoms with Gasteiger partial charge < -0.3 is 20.7 Å². The topological polar surface area (TPSA) is 88.2 Å². The lowest BCUT2D eigenvalue weighted by atomic mass is 10.1. The number of nitrogens with zero attached hydrogens (tertiary/aromatic N) is 2. The number of nitrogens with one attached hydrogen (secondary N) is 3. The minimum atomic E-state index is -4.60. The molecule has 1 aromatic heterocycles. The number of rotatable bonds is 8. The zero-order chi connectivity index (χ0) is 23.1. The number of aryl methyl sites for hydroxylation is 1. The molecule has 0 aliphatic rings. The Balaban J connectivity index is 1.57. The maximum absolute atomic E-state index is 13.1. The number of methoxy groups -OCH3 is 1. The van der Waals surface area contributed by atoms with Gasteiger partial charge >= 0.3 is 6.18 Å². The van der Waals surface area contributed by atoms with Crippen molar-refractivity contribution in [3.63, 3.8) is 0 Å². The van der Waals surface area contributed by atoms with Crippen molar-refractivity contribution in [2.75, 3.05) is 30.8 Å². The number of amides is 1. The van der Waals surface area contributed by atoms with Gasteiger partial charge in [-0.2, -0.15) is 18.2 Å². The van der Waals surface area contributed by atoms with Crippen LogP contribution in [-0.4, -0.2) is 36.1 Å². The Morgan fingerprint density at radius 2 is 1.75 bits per heavy atom. The van der Waals surface area contributed by atoms with Crippen LogP contribution in [0.4, 0.5) is 30.6 Å². The molecule has 3 rings (SSSR count). The molecule has 0 spiro atoms. The van der Waals surface area contributed by atoms with E-state index in [0.717, 1.165) is 23.6 Å². The molecule has 0 saturated heterocycles. The summed E-state index contributed by atoms with van der Waals surface area (Å²) in [7, 11) is 1.59. The van der Waals surface area contributed by atoms with Crippen molar-refractivity contribution in [3.05, 3.63) is 71.4 Å². The van der Waals surface area contributed by atoms with Crippen LogP contribution < -0.4 is 20.7 Å². The molecule has 1 heterocycles. The predicted octanol–water partition coefficient (Wildman–Crippen LogP) is 4.40. The summed E-state index contributed by atoms with van der Waals surface area (Å²) in [6.45, 7) is 2.12. The first-order valence-electron chi connectivity index (χ1n) is 9.71. The number of ether oxygens (including phenoxy) is 1. The van der Waals surface area contributed by atoms with Crippen LogP contribution in [0.5, 0.6) is 5.75 Å². The van der Waals surface area contributed by atoms with Crippen molar-refractivity contribution >= 4 is 23.4 Å². The van der Waals surface area contributed by atoms with Crippen molar-refractivity contribution in [2.45, 2.75) is 13.1 Å². The van der Waals surface area contributed by atoms with Gasteiger partial charge in [0.05, 0.1) is 18.2 Å². The largest absolute Gasteiger partial charge is 0.497 e. The summed E-state index contributed by atoms with van der Waals surface area (Å²) in [5, 5.41) is 8.60. The molecule has 168 valence electrons. The Labute approximate surface area is 183 Å². The molecular weight excluding hydrogens is 423 g/mol. The van der Waals surface area contributed by atoms with E-state index in [2.05, 4.69) is 25.9 Å². The molecule has 0 radical (unpaired) electrons. The maximum atomic E-state index is 13.1. The van der Waals surface area contributed by atoms with Crippen LogP contribution in [0.3, 0.4) is 0 Å². The second-order valence-corrected chi connectivity index (χ2v) is 6.80. The van der Waals surface area contributed by atoms with Crippen molar-refractivity contribution in [1.29, 1.82) is 0 Å². The van der Waals surface area contributed by atoms with E-state index in [1.807, 2.05) is 31.2 Å². The highest BCUT2D eigenvalue weighted by Crippen LogP contribution is 2.31. The fourth-order valence-electron chi connectivity index (χ4n) is 2.91. The molecule has 0 fully saturated rings. The molecule has 0 atom stereocenters. The van der Waals surface area contributed by atoms with Crippen LogP contribution in [0, 0.1) is 6.92 Å². The summed E-state index contributed by atoms with van der Waals surface area (Å²) in [5.74, 6) is 0.822. The molecule has 3 N–H and O–H groups in total. The van der Waals surface area contributed by atoms with E-state index in [-0.39, 0.29) is 13.1 Å². The zero-order valence-corrected chi connectivity index (χ0v) is 17.5. The maximum Gasteiger partial charge on any atom is 0.417 e. The van der Waals surface area contributed by atoms with Crippen LogP contribution in [-0.2, 0) is 6.18 Å². The van der Waals surface area contributed by atoms with Gasteiger partial charge in [0.15, 0.2) is 0 Å². The molecule has 0 saturated carbocycles. The molecule has 32 heavy (non-hydrogen) atoms. The number of aromatic nitrogens is 2. The number of carbonyl (C=O) groups excluding carboxylic acids is 1. The SMILES string of the molecule is COc1ccc(Nc2cc(C)nc(NCCNC(=O)c3ccccc3C(F)(F)F)n2)cc1. The number of alkyl halides is 3. The second kappa shape index (κ2) is 9.99. The van der Waals surface area contributed by atoms with Crippen LogP contribution in [0.25, 0.3) is 0 Å². The van der Waals surface area contributed by atoms with Crippen LogP contribution in [0.2, 0.25) is 0 Å². The fraction of sp³-hybridized carbons (Fsp3) is 0.227. The van der Waals surface area contributed by atoms with Crippen molar-refractivity contribution in [2.24, 2.45) is 0 Å². The van der Waals surface area contributed by atoms with E-state index >= 15 is 0 Å². The quantitative estimate of drug-likeness (QED) is 0.446. The normalized spacial score (nSPS) is 11.0. The third kappa shape index (κ3) is 6.10. The third-order valence-electron chi connectivity index (χ3n) is 4.39. The van der Waals surface area contributed by atoms with E-state index in [0.29, 0.717) is 17.5 Å². The van der Waals surface area contributed by atoms with Crippen molar-refractivity contribution in [1.82, 2.24) is 15.3 Å². The van der Waals surface area contributed by atoms with Crippen LogP contribution in [0.15, 0.2) is 54.6 Å². The second-order valence-electron chi connectivity index (χ2n) is 6.80. The number of carbonyl (C=O) groups is 1. The summed E-state index contributed by atoms with van der Waals surface area (Å²) in [5.41, 5.74) is 0.131. The smallest absolute Gasteiger partial charge is 0.417 e. The molecule has 0 unspecified atom stereocenters. The zero-order valence-electron chi connectivity index (χ0n) is 17.5. The summed E-state index contributed by atoms with van der Waals surface area (Å²) in [6.07, 6.45) is -4.60. The third-order valence-corrected chi connectivity index (χ3v) is 4.39. The monoisotopic (exact) mass is 445 g/mol. The highest BCUT2D eigenvalue weighted by molar-refractivity contribution is 5.95. The summed E-state index contributed by atoms with van der Waals surface area (Å²) in [6, 6.07) is 13.7. The Bertz CT molecular complexity index is 1070. The minimum absolute atomic E-state index is 0.0869. The lowest BCUT2D eigenvalue weighted by Crippen LogP contribution is -2.30. The van der Waals surface area contributed by atoms with Gasteiger partial charge in [0.1, 0.15) is 11.6 Å². The van der Waals surface area contributed by atoms with Gasteiger partial charge in [0.25, 0.3) is 5.91 Å². The van der Waals surface area contributed by atoms with E-state index in [1.54, 1.807) is 13.2 Å². The first-order valence-corrected chi connectivity index (χ1v) is 9.71. The molecule has 1 amide bonds. The standard InChI is InChI=1S/C22H22F3N5O2/c1-14-13-19(29-15-7-9-16(32-2)10-8-15)30-21(28-14)27-12-11-26-20(31)17-5-3-4-6-18(17)22(23,24)25/h3-10,13H,11-12H2,1-2H3,(H,26,31)(H2,27,28,29,30). The number of hydrogen-bond donors (Lipinski definition) is 3. The number of benzene rings is 2. The van der Waals surface area contributed by atoms with Crippen LogP contribution in [0.1, 0.15) is 21.6 Å². The van der Waals surface area contributed by atoms with Gasteiger partial charge in [-0.15, -0.1) is 0 Å². The Morgan fingerprint density at radius 1 is 1.03 bits per heavy atom. The first kappa shape index (κ1) is 22.9. The molecule has 10 heteroatoms. The van der Waals surface area contributed by atoms with Gasteiger partial charge in [-0.1, -0.05) is 12.1 Å². The molecular formula is C22H22F3N5O2. The molecule has 3 aromatic rings. The number of halogens is 3. The minimum Gasteiger partial charge on any atom is -0.497 e. The Morgan fingerprint density at radius 3 is 2.44 bits per heavy atom. The molecule has 2 aromatic carbocycles. The Hall–Kier alpha value is -3.82. The molecule has 0 aliphatic heterocycles. The summed E-state index contributed by atoms with van der Waals surface area (Å²) < 4.78 is 44.3. The van der Waals surface area contributed by atoms with E-state index in [4.69, 9.17) is 4.74 Å². The van der Waals surface area contributed by atoms with E-state index < -0.39 is 23.2 Å². The van der Waals surface area contributed by atoms with E-state index in [1.165, 1.54) is 12.1 Å².